The van der Waals surface area contributed by atoms with Gasteiger partial charge in [0.05, 0.1) is 19.3 Å². The number of rotatable bonds is 3. The fourth-order valence-corrected chi connectivity index (χ4v) is 1.02. The van der Waals surface area contributed by atoms with E-state index in [1.54, 1.807) is 6.20 Å². The Morgan fingerprint density at radius 2 is 2.38 bits per heavy atom. The van der Waals surface area contributed by atoms with Gasteiger partial charge in [-0.1, -0.05) is 6.92 Å². The summed E-state index contributed by atoms with van der Waals surface area (Å²) in [4.78, 5) is 11.4. The van der Waals surface area contributed by atoms with E-state index in [0.717, 1.165) is 6.42 Å². The lowest BCUT2D eigenvalue weighted by Crippen LogP contribution is -2.24. The van der Waals surface area contributed by atoms with Crippen LogP contribution in [0.1, 0.15) is 26.3 Å². The second kappa shape index (κ2) is 4.07. The lowest BCUT2D eigenvalue weighted by atomic mass is 10.3. The molecule has 1 aromatic heterocycles. The molecule has 0 aliphatic rings. The zero-order valence-corrected chi connectivity index (χ0v) is 8.15. The van der Waals surface area contributed by atoms with E-state index >= 15 is 0 Å². The summed E-state index contributed by atoms with van der Waals surface area (Å²) in [7, 11) is 1.52. The molecule has 1 heterocycles. The first-order valence-electron chi connectivity index (χ1n) is 4.32. The summed E-state index contributed by atoms with van der Waals surface area (Å²) in [5.74, 6) is 0.504. The predicted octanol–water partition coefficient (Wildman–Crippen LogP) is 1.22. The van der Waals surface area contributed by atoms with Gasteiger partial charge in [-0.05, 0) is 13.3 Å². The van der Waals surface area contributed by atoms with Gasteiger partial charge in [-0.25, -0.2) is 4.68 Å². The van der Waals surface area contributed by atoms with Crippen LogP contribution in [-0.4, -0.2) is 16.9 Å². The molecule has 0 unspecified atom stereocenters. The Morgan fingerprint density at radius 3 is 2.85 bits per heavy atom. The molecule has 0 aliphatic heterocycles. The van der Waals surface area contributed by atoms with Crippen molar-refractivity contribution < 1.29 is 4.74 Å². The molecule has 4 heteroatoms. The Bertz CT molecular complexity index is 333. The summed E-state index contributed by atoms with van der Waals surface area (Å²) in [6.07, 6.45) is 2.44. The van der Waals surface area contributed by atoms with E-state index in [-0.39, 0.29) is 11.6 Å². The molecule has 0 radical (unpaired) electrons. The van der Waals surface area contributed by atoms with Gasteiger partial charge in [0.25, 0.3) is 5.56 Å². The van der Waals surface area contributed by atoms with Crippen LogP contribution < -0.4 is 10.3 Å². The van der Waals surface area contributed by atoms with Crippen molar-refractivity contribution in [1.29, 1.82) is 0 Å². The standard InChI is InChI=1S/C9H14N2O2/c1-4-7(2)11-9(12)5-8(13-3)6-10-11/h5-7H,4H2,1-3H3/t7-/m1/s1. The minimum Gasteiger partial charge on any atom is -0.495 e. The fourth-order valence-electron chi connectivity index (χ4n) is 1.02. The first kappa shape index (κ1) is 9.77. The molecule has 0 bridgehead atoms. The lowest BCUT2D eigenvalue weighted by Gasteiger charge is -2.10. The van der Waals surface area contributed by atoms with E-state index in [4.69, 9.17) is 4.74 Å². The normalized spacial score (nSPS) is 12.5. The first-order valence-corrected chi connectivity index (χ1v) is 4.32. The van der Waals surface area contributed by atoms with Gasteiger partial charge in [0.1, 0.15) is 5.75 Å². The van der Waals surface area contributed by atoms with E-state index in [1.165, 1.54) is 17.9 Å². The fraction of sp³-hybridized carbons (Fsp3) is 0.556. The highest BCUT2D eigenvalue weighted by Crippen LogP contribution is 2.07. The molecule has 0 amide bonds. The van der Waals surface area contributed by atoms with E-state index in [1.807, 2.05) is 13.8 Å². The van der Waals surface area contributed by atoms with Crippen LogP contribution in [0.2, 0.25) is 0 Å². The Hall–Kier alpha value is -1.32. The maximum atomic E-state index is 11.4. The largest absolute Gasteiger partial charge is 0.495 e. The van der Waals surface area contributed by atoms with E-state index in [0.29, 0.717) is 5.75 Å². The van der Waals surface area contributed by atoms with Crippen molar-refractivity contribution >= 4 is 0 Å². The van der Waals surface area contributed by atoms with Crippen molar-refractivity contribution in [2.45, 2.75) is 26.3 Å². The van der Waals surface area contributed by atoms with Gasteiger partial charge in [0.2, 0.25) is 0 Å². The maximum Gasteiger partial charge on any atom is 0.270 e. The molecule has 72 valence electrons. The minimum absolute atomic E-state index is 0.117. The van der Waals surface area contributed by atoms with Crippen molar-refractivity contribution in [3.8, 4) is 5.75 Å². The molecule has 1 aromatic rings. The third kappa shape index (κ3) is 2.08. The average molecular weight is 182 g/mol. The van der Waals surface area contributed by atoms with Gasteiger partial charge in [-0.2, -0.15) is 5.10 Å². The van der Waals surface area contributed by atoms with Gasteiger partial charge >= 0.3 is 0 Å². The molecule has 13 heavy (non-hydrogen) atoms. The van der Waals surface area contributed by atoms with Crippen LogP contribution in [0.5, 0.6) is 5.75 Å². The maximum absolute atomic E-state index is 11.4. The van der Waals surface area contributed by atoms with Gasteiger partial charge < -0.3 is 4.74 Å². The van der Waals surface area contributed by atoms with Crippen LogP contribution in [0.25, 0.3) is 0 Å². The summed E-state index contributed by atoms with van der Waals surface area (Å²) in [6, 6.07) is 1.58. The Kier molecular flexibility index (Phi) is 3.06. The molecule has 1 atom stereocenters. The second-order valence-corrected chi connectivity index (χ2v) is 2.94. The number of methoxy groups -OCH3 is 1. The highest BCUT2D eigenvalue weighted by atomic mass is 16.5. The highest BCUT2D eigenvalue weighted by molar-refractivity contribution is 5.13. The first-order chi connectivity index (χ1) is 6.19. The zero-order valence-electron chi connectivity index (χ0n) is 8.15. The molecule has 0 aliphatic carbocycles. The van der Waals surface area contributed by atoms with Crippen LogP contribution in [-0.2, 0) is 0 Å². The molecule has 4 nitrogen and oxygen atoms in total. The van der Waals surface area contributed by atoms with Crippen LogP contribution >= 0.6 is 0 Å². The summed E-state index contributed by atoms with van der Waals surface area (Å²) in [6.45, 7) is 3.98. The Labute approximate surface area is 77.1 Å². The molecule has 0 fully saturated rings. The molecule has 0 N–H and O–H groups in total. The number of ether oxygens (including phenoxy) is 1. The average Bonchev–Trinajstić information content (AvgIpc) is 2.16. The van der Waals surface area contributed by atoms with Crippen LogP contribution in [0, 0.1) is 0 Å². The second-order valence-electron chi connectivity index (χ2n) is 2.94. The third-order valence-electron chi connectivity index (χ3n) is 2.04. The third-order valence-corrected chi connectivity index (χ3v) is 2.04. The smallest absolute Gasteiger partial charge is 0.270 e. The predicted molar refractivity (Wildman–Crippen MR) is 50.1 cm³/mol. The van der Waals surface area contributed by atoms with Gasteiger partial charge in [-0.15, -0.1) is 0 Å². The molecule has 0 aromatic carbocycles. The molecular formula is C9H14N2O2. The minimum atomic E-state index is -0.117. The Morgan fingerprint density at radius 1 is 1.69 bits per heavy atom. The van der Waals surface area contributed by atoms with E-state index in [9.17, 15) is 4.79 Å². The van der Waals surface area contributed by atoms with Crippen LogP contribution in [0.15, 0.2) is 17.1 Å². The summed E-state index contributed by atoms with van der Waals surface area (Å²) in [5, 5.41) is 4.00. The zero-order chi connectivity index (χ0) is 9.84. The van der Waals surface area contributed by atoms with Crippen molar-refractivity contribution in [3.05, 3.63) is 22.6 Å². The number of hydrogen-bond donors (Lipinski definition) is 0. The molecule has 1 rings (SSSR count). The summed E-state index contributed by atoms with van der Waals surface area (Å²) >= 11 is 0. The molecule has 0 saturated heterocycles. The van der Waals surface area contributed by atoms with Crippen molar-refractivity contribution in [1.82, 2.24) is 9.78 Å². The van der Waals surface area contributed by atoms with Crippen molar-refractivity contribution in [3.63, 3.8) is 0 Å². The lowest BCUT2D eigenvalue weighted by molar-refractivity contribution is 0.395. The van der Waals surface area contributed by atoms with E-state index < -0.39 is 0 Å². The number of nitrogens with zero attached hydrogens (tertiary/aromatic N) is 2. The molecule has 0 spiro atoms. The van der Waals surface area contributed by atoms with Crippen molar-refractivity contribution in [2.24, 2.45) is 0 Å². The van der Waals surface area contributed by atoms with E-state index in [2.05, 4.69) is 5.10 Å². The summed E-state index contributed by atoms with van der Waals surface area (Å²) < 4.78 is 6.35. The Balaban J connectivity index is 3.05. The monoisotopic (exact) mass is 182 g/mol. The quantitative estimate of drug-likeness (QED) is 0.706. The van der Waals surface area contributed by atoms with Gasteiger partial charge in [-0.3, -0.25) is 4.79 Å². The van der Waals surface area contributed by atoms with Crippen molar-refractivity contribution in [2.75, 3.05) is 7.11 Å². The topological polar surface area (TPSA) is 44.1 Å². The highest BCUT2D eigenvalue weighted by Gasteiger charge is 2.05. The van der Waals surface area contributed by atoms with Crippen LogP contribution in [0.4, 0.5) is 0 Å². The molecular weight excluding hydrogens is 168 g/mol. The van der Waals surface area contributed by atoms with Gasteiger partial charge in [0.15, 0.2) is 0 Å². The summed E-state index contributed by atoms with van der Waals surface area (Å²) in [5.41, 5.74) is -0.117. The van der Waals surface area contributed by atoms with Crippen LogP contribution in [0.3, 0.4) is 0 Å². The van der Waals surface area contributed by atoms with Gasteiger partial charge in [0, 0.05) is 6.07 Å². The number of aromatic nitrogens is 2. The number of hydrogen-bond acceptors (Lipinski definition) is 3. The molecule has 0 saturated carbocycles. The SMILES string of the molecule is CC[C@@H](C)n1ncc(OC)cc1=O.